The van der Waals surface area contributed by atoms with Crippen molar-refractivity contribution < 1.29 is 4.79 Å². The van der Waals surface area contributed by atoms with Crippen molar-refractivity contribution >= 4 is 11.6 Å². The minimum atomic E-state index is -0.0711. The van der Waals surface area contributed by atoms with E-state index in [2.05, 4.69) is 16.7 Å². The molecule has 2 N–H and O–H groups in total. The molecule has 0 unspecified atom stereocenters. The summed E-state index contributed by atoms with van der Waals surface area (Å²) in [4.78, 5) is 11.7. The van der Waals surface area contributed by atoms with E-state index in [9.17, 15) is 4.79 Å². The zero-order valence-electron chi connectivity index (χ0n) is 11.0. The third-order valence-corrected chi connectivity index (χ3v) is 2.80. The zero-order chi connectivity index (χ0) is 14.2. The summed E-state index contributed by atoms with van der Waals surface area (Å²) in [6.45, 7) is 0.730. The lowest BCUT2D eigenvalue weighted by atomic mass is 10.2. The molecule has 0 atom stereocenters. The Morgan fingerprint density at radius 2 is 1.75 bits per heavy atom. The van der Waals surface area contributed by atoms with E-state index in [1.807, 2.05) is 30.3 Å². The monoisotopic (exact) mass is 265 g/mol. The molecule has 0 saturated carbocycles. The smallest absolute Gasteiger partial charge is 0.239 e. The SMILES string of the molecule is N#Cc1ccc(NCC(=O)NCc2ccccc2)cc1. The predicted octanol–water partition coefficient (Wildman–Crippen LogP) is 2.29. The lowest BCUT2D eigenvalue weighted by Gasteiger charge is -2.08. The van der Waals surface area contributed by atoms with E-state index >= 15 is 0 Å². The van der Waals surface area contributed by atoms with Crippen LogP contribution in [0.4, 0.5) is 5.69 Å². The largest absolute Gasteiger partial charge is 0.376 e. The molecule has 0 aromatic heterocycles. The minimum Gasteiger partial charge on any atom is -0.376 e. The minimum absolute atomic E-state index is 0.0711. The molecule has 2 aromatic rings. The first kappa shape index (κ1) is 13.6. The number of amides is 1. The molecule has 1 amide bonds. The maximum absolute atomic E-state index is 11.7. The molecule has 0 saturated heterocycles. The van der Waals surface area contributed by atoms with Crippen LogP contribution in [0.1, 0.15) is 11.1 Å². The third-order valence-electron chi connectivity index (χ3n) is 2.80. The summed E-state index contributed by atoms with van der Waals surface area (Å²) in [5.41, 5.74) is 2.49. The Morgan fingerprint density at radius 1 is 1.05 bits per heavy atom. The standard InChI is InChI=1S/C16H15N3O/c17-10-13-6-8-15(9-7-13)18-12-16(20)19-11-14-4-2-1-3-5-14/h1-9,18H,11-12H2,(H,19,20). The van der Waals surface area contributed by atoms with Gasteiger partial charge >= 0.3 is 0 Å². The number of nitrogens with zero attached hydrogens (tertiary/aromatic N) is 1. The Kier molecular flexibility index (Phi) is 4.74. The Labute approximate surface area is 118 Å². The van der Waals surface area contributed by atoms with Gasteiger partial charge in [0, 0.05) is 12.2 Å². The van der Waals surface area contributed by atoms with Crippen molar-refractivity contribution in [3.8, 4) is 6.07 Å². The first-order valence-corrected chi connectivity index (χ1v) is 6.32. The highest BCUT2D eigenvalue weighted by Gasteiger charge is 2.01. The number of benzene rings is 2. The van der Waals surface area contributed by atoms with E-state index in [4.69, 9.17) is 5.26 Å². The molecular weight excluding hydrogens is 250 g/mol. The Balaban J connectivity index is 1.76. The molecule has 2 rings (SSSR count). The fourth-order valence-corrected chi connectivity index (χ4v) is 1.70. The van der Waals surface area contributed by atoms with Gasteiger partial charge in [0.05, 0.1) is 18.2 Å². The molecule has 4 nitrogen and oxygen atoms in total. The molecule has 4 heteroatoms. The van der Waals surface area contributed by atoms with Gasteiger partial charge < -0.3 is 10.6 Å². The predicted molar refractivity (Wildman–Crippen MR) is 77.9 cm³/mol. The number of hydrogen-bond acceptors (Lipinski definition) is 3. The van der Waals surface area contributed by atoms with Gasteiger partial charge in [-0.3, -0.25) is 4.79 Å². The quantitative estimate of drug-likeness (QED) is 0.871. The first-order valence-electron chi connectivity index (χ1n) is 6.32. The highest BCUT2D eigenvalue weighted by Crippen LogP contribution is 2.08. The van der Waals surface area contributed by atoms with Crippen LogP contribution in [-0.2, 0) is 11.3 Å². The Morgan fingerprint density at radius 3 is 2.40 bits per heavy atom. The van der Waals surface area contributed by atoms with E-state index in [0.29, 0.717) is 12.1 Å². The van der Waals surface area contributed by atoms with Gasteiger partial charge in [0.1, 0.15) is 0 Å². The van der Waals surface area contributed by atoms with Gasteiger partial charge in [-0.25, -0.2) is 0 Å². The number of nitriles is 1. The Bertz CT molecular complexity index is 600. The first-order chi connectivity index (χ1) is 9.78. The summed E-state index contributed by atoms with van der Waals surface area (Å²) in [5.74, 6) is -0.0711. The van der Waals surface area contributed by atoms with Crippen LogP contribution in [0.15, 0.2) is 54.6 Å². The van der Waals surface area contributed by atoms with Crippen LogP contribution in [0.5, 0.6) is 0 Å². The van der Waals surface area contributed by atoms with Gasteiger partial charge in [0.25, 0.3) is 0 Å². The van der Waals surface area contributed by atoms with Gasteiger partial charge in [-0.1, -0.05) is 30.3 Å². The van der Waals surface area contributed by atoms with E-state index in [1.165, 1.54) is 0 Å². The highest BCUT2D eigenvalue weighted by molar-refractivity contribution is 5.80. The number of nitrogens with one attached hydrogen (secondary N) is 2. The van der Waals surface area contributed by atoms with E-state index in [0.717, 1.165) is 11.3 Å². The fraction of sp³-hybridized carbons (Fsp3) is 0.125. The van der Waals surface area contributed by atoms with Gasteiger partial charge in [-0.15, -0.1) is 0 Å². The van der Waals surface area contributed by atoms with Gasteiger partial charge in [0.2, 0.25) is 5.91 Å². The highest BCUT2D eigenvalue weighted by atomic mass is 16.1. The summed E-state index contributed by atoms with van der Waals surface area (Å²) >= 11 is 0. The average Bonchev–Trinajstić information content (AvgIpc) is 2.52. The lowest BCUT2D eigenvalue weighted by molar-refractivity contribution is -0.119. The molecule has 0 fully saturated rings. The molecule has 20 heavy (non-hydrogen) atoms. The number of anilines is 1. The molecule has 0 bridgehead atoms. The van der Waals surface area contributed by atoms with Crippen LogP contribution in [-0.4, -0.2) is 12.5 Å². The van der Waals surface area contributed by atoms with E-state index in [1.54, 1.807) is 24.3 Å². The molecule has 0 spiro atoms. The van der Waals surface area contributed by atoms with Crippen LogP contribution in [0.3, 0.4) is 0 Å². The summed E-state index contributed by atoms with van der Waals surface area (Å²) in [6.07, 6.45) is 0. The third kappa shape index (κ3) is 4.14. The summed E-state index contributed by atoms with van der Waals surface area (Å²) in [7, 11) is 0. The van der Waals surface area contributed by atoms with E-state index < -0.39 is 0 Å². The molecule has 0 aliphatic rings. The zero-order valence-corrected chi connectivity index (χ0v) is 11.0. The number of carbonyl (C=O) groups excluding carboxylic acids is 1. The van der Waals surface area contributed by atoms with Crippen molar-refractivity contribution in [2.24, 2.45) is 0 Å². The van der Waals surface area contributed by atoms with Crippen LogP contribution in [0, 0.1) is 11.3 Å². The maximum Gasteiger partial charge on any atom is 0.239 e. The van der Waals surface area contributed by atoms with Crippen LogP contribution < -0.4 is 10.6 Å². The van der Waals surface area contributed by atoms with Crippen molar-refractivity contribution in [2.45, 2.75) is 6.54 Å². The lowest BCUT2D eigenvalue weighted by Crippen LogP contribution is -2.29. The Hall–Kier alpha value is -2.80. The second-order valence-corrected chi connectivity index (χ2v) is 4.31. The summed E-state index contributed by atoms with van der Waals surface area (Å²) < 4.78 is 0. The summed E-state index contributed by atoms with van der Waals surface area (Å²) in [6, 6.07) is 18.8. The molecule has 0 radical (unpaired) electrons. The molecule has 0 aliphatic heterocycles. The fourth-order valence-electron chi connectivity index (χ4n) is 1.70. The van der Waals surface area contributed by atoms with Gasteiger partial charge in [0.15, 0.2) is 0 Å². The van der Waals surface area contributed by atoms with Gasteiger partial charge in [-0.05, 0) is 29.8 Å². The van der Waals surface area contributed by atoms with Crippen LogP contribution in [0.2, 0.25) is 0 Å². The number of carbonyl (C=O) groups is 1. The maximum atomic E-state index is 11.7. The average molecular weight is 265 g/mol. The molecule has 100 valence electrons. The van der Waals surface area contributed by atoms with Crippen molar-refractivity contribution in [1.29, 1.82) is 5.26 Å². The summed E-state index contributed by atoms with van der Waals surface area (Å²) in [5, 5.41) is 14.5. The van der Waals surface area contributed by atoms with Crippen molar-refractivity contribution in [2.75, 3.05) is 11.9 Å². The van der Waals surface area contributed by atoms with Crippen molar-refractivity contribution in [3.05, 3.63) is 65.7 Å². The molecule has 0 heterocycles. The normalized spacial score (nSPS) is 9.55. The molecule has 0 aliphatic carbocycles. The van der Waals surface area contributed by atoms with Crippen molar-refractivity contribution in [1.82, 2.24) is 5.32 Å². The van der Waals surface area contributed by atoms with Crippen LogP contribution in [0.25, 0.3) is 0 Å². The second kappa shape index (κ2) is 6.95. The molecular formula is C16H15N3O. The molecule has 2 aromatic carbocycles. The second-order valence-electron chi connectivity index (χ2n) is 4.31. The van der Waals surface area contributed by atoms with Crippen molar-refractivity contribution in [3.63, 3.8) is 0 Å². The topological polar surface area (TPSA) is 64.9 Å². The van der Waals surface area contributed by atoms with E-state index in [-0.39, 0.29) is 12.5 Å². The number of hydrogen-bond donors (Lipinski definition) is 2. The van der Waals surface area contributed by atoms with Gasteiger partial charge in [-0.2, -0.15) is 5.26 Å². The number of rotatable bonds is 5. The van der Waals surface area contributed by atoms with Crippen LogP contribution >= 0.6 is 0 Å².